The molecule has 1 heteroatoms. The van der Waals surface area contributed by atoms with E-state index < -0.39 is 0 Å². The van der Waals surface area contributed by atoms with Gasteiger partial charge in [0.1, 0.15) is 0 Å². The van der Waals surface area contributed by atoms with Crippen molar-refractivity contribution in [2.24, 2.45) is 11.8 Å². The van der Waals surface area contributed by atoms with Crippen LogP contribution in [0.4, 0.5) is 0 Å². The Morgan fingerprint density at radius 1 is 1.45 bits per heavy atom. The van der Waals surface area contributed by atoms with Crippen LogP contribution in [-0.2, 0) is 0 Å². The average molecular weight is 217 g/mol. The summed E-state index contributed by atoms with van der Waals surface area (Å²) in [5.74, 6) is 1.82. The van der Waals surface area contributed by atoms with E-state index in [9.17, 15) is 0 Å². The van der Waals surface area contributed by atoms with Gasteiger partial charge in [0.05, 0.1) is 0 Å². The SMILES string of the molecule is CC1CCCC(C=CCBr)C1. The Bertz CT molecular complexity index is 129. The fourth-order valence-corrected chi connectivity index (χ4v) is 2.12. The lowest BCUT2D eigenvalue weighted by atomic mass is 9.82. The van der Waals surface area contributed by atoms with Gasteiger partial charge in [-0.05, 0) is 24.7 Å². The summed E-state index contributed by atoms with van der Waals surface area (Å²) in [5, 5.41) is 1.01. The van der Waals surface area contributed by atoms with E-state index in [1.165, 1.54) is 25.7 Å². The zero-order valence-electron chi connectivity index (χ0n) is 7.22. The highest BCUT2D eigenvalue weighted by Crippen LogP contribution is 2.29. The highest BCUT2D eigenvalue weighted by atomic mass is 79.9. The minimum Gasteiger partial charge on any atom is -0.0883 e. The fourth-order valence-electron chi connectivity index (χ4n) is 1.90. The minimum absolute atomic E-state index is 0.872. The normalized spacial score (nSPS) is 32.9. The van der Waals surface area contributed by atoms with Crippen molar-refractivity contribution >= 4 is 15.9 Å². The molecule has 0 N–H and O–H groups in total. The molecule has 0 spiro atoms. The van der Waals surface area contributed by atoms with Gasteiger partial charge in [0, 0.05) is 5.33 Å². The van der Waals surface area contributed by atoms with Crippen LogP contribution in [0.15, 0.2) is 12.2 Å². The molecule has 0 aromatic rings. The molecule has 1 aliphatic rings. The zero-order valence-corrected chi connectivity index (χ0v) is 8.81. The molecular weight excluding hydrogens is 200 g/mol. The van der Waals surface area contributed by atoms with E-state index >= 15 is 0 Å². The molecule has 0 radical (unpaired) electrons. The summed E-state index contributed by atoms with van der Waals surface area (Å²) in [7, 11) is 0. The molecule has 0 bridgehead atoms. The van der Waals surface area contributed by atoms with Gasteiger partial charge in [0.15, 0.2) is 0 Å². The molecule has 1 fully saturated rings. The third kappa shape index (κ3) is 3.42. The van der Waals surface area contributed by atoms with Gasteiger partial charge in [-0.3, -0.25) is 0 Å². The van der Waals surface area contributed by atoms with E-state index in [-0.39, 0.29) is 0 Å². The Hall–Kier alpha value is 0.220. The average Bonchev–Trinajstić information content (AvgIpc) is 2.01. The third-order valence-corrected chi connectivity index (χ3v) is 2.85. The monoisotopic (exact) mass is 216 g/mol. The number of halogens is 1. The topological polar surface area (TPSA) is 0 Å². The molecule has 0 aromatic carbocycles. The van der Waals surface area contributed by atoms with Crippen molar-refractivity contribution in [3.63, 3.8) is 0 Å². The summed E-state index contributed by atoms with van der Waals surface area (Å²) >= 11 is 3.40. The lowest BCUT2D eigenvalue weighted by Gasteiger charge is -2.23. The number of hydrogen-bond acceptors (Lipinski definition) is 0. The molecule has 0 heterocycles. The summed E-state index contributed by atoms with van der Waals surface area (Å²) < 4.78 is 0. The highest BCUT2D eigenvalue weighted by Gasteiger charge is 2.15. The van der Waals surface area contributed by atoms with Crippen LogP contribution in [0.3, 0.4) is 0 Å². The summed E-state index contributed by atoms with van der Waals surface area (Å²) in [6, 6.07) is 0. The van der Waals surface area contributed by atoms with E-state index in [1.807, 2.05) is 0 Å². The zero-order chi connectivity index (χ0) is 8.10. The maximum Gasteiger partial charge on any atom is 0.0212 e. The first-order valence-electron chi connectivity index (χ1n) is 4.55. The Morgan fingerprint density at radius 2 is 2.27 bits per heavy atom. The van der Waals surface area contributed by atoms with Crippen LogP contribution in [0.5, 0.6) is 0 Å². The van der Waals surface area contributed by atoms with Crippen LogP contribution in [0.1, 0.15) is 32.6 Å². The number of rotatable bonds is 2. The lowest BCUT2D eigenvalue weighted by molar-refractivity contribution is 0.325. The van der Waals surface area contributed by atoms with Crippen molar-refractivity contribution in [3.8, 4) is 0 Å². The van der Waals surface area contributed by atoms with Gasteiger partial charge < -0.3 is 0 Å². The fraction of sp³-hybridized carbons (Fsp3) is 0.800. The van der Waals surface area contributed by atoms with Gasteiger partial charge in [0.25, 0.3) is 0 Å². The second-order valence-corrected chi connectivity index (χ2v) is 4.26. The molecule has 0 nitrogen and oxygen atoms in total. The van der Waals surface area contributed by atoms with E-state index in [2.05, 4.69) is 35.0 Å². The van der Waals surface area contributed by atoms with E-state index in [0.717, 1.165) is 17.2 Å². The molecule has 0 aromatic heterocycles. The smallest absolute Gasteiger partial charge is 0.0212 e. The molecule has 1 saturated carbocycles. The summed E-state index contributed by atoms with van der Waals surface area (Å²) in [4.78, 5) is 0. The van der Waals surface area contributed by atoms with Crippen molar-refractivity contribution in [2.75, 3.05) is 5.33 Å². The van der Waals surface area contributed by atoms with Gasteiger partial charge in [-0.1, -0.05) is 47.8 Å². The third-order valence-electron chi connectivity index (χ3n) is 2.47. The number of hydrogen-bond donors (Lipinski definition) is 0. The van der Waals surface area contributed by atoms with Crippen LogP contribution in [-0.4, -0.2) is 5.33 Å². The molecule has 0 saturated heterocycles. The van der Waals surface area contributed by atoms with Crippen LogP contribution >= 0.6 is 15.9 Å². The summed E-state index contributed by atoms with van der Waals surface area (Å²) in [5.41, 5.74) is 0. The highest BCUT2D eigenvalue weighted by molar-refractivity contribution is 9.09. The maximum atomic E-state index is 3.40. The Morgan fingerprint density at radius 3 is 2.91 bits per heavy atom. The van der Waals surface area contributed by atoms with E-state index in [0.29, 0.717) is 0 Å². The van der Waals surface area contributed by atoms with Gasteiger partial charge in [-0.15, -0.1) is 0 Å². The first-order chi connectivity index (χ1) is 5.33. The van der Waals surface area contributed by atoms with Crippen molar-refractivity contribution in [3.05, 3.63) is 12.2 Å². The lowest BCUT2D eigenvalue weighted by Crippen LogP contribution is -2.10. The Labute approximate surface area is 78.2 Å². The van der Waals surface area contributed by atoms with Gasteiger partial charge in [0.2, 0.25) is 0 Å². The molecule has 11 heavy (non-hydrogen) atoms. The molecule has 64 valence electrons. The molecule has 1 rings (SSSR count). The number of allylic oxidation sites excluding steroid dienone is 2. The molecule has 2 atom stereocenters. The largest absolute Gasteiger partial charge is 0.0883 e. The summed E-state index contributed by atoms with van der Waals surface area (Å²) in [6.45, 7) is 2.37. The van der Waals surface area contributed by atoms with Crippen LogP contribution in [0, 0.1) is 11.8 Å². The standard InChI is InChI=1S/C10H17Br/c1-9-4-2-5-10(8-9)6-3-7-11/h3,6,9-10H,2,4-5,7-8H2,1H3. The first kappa shape index (κ1) is 9.31. The summed E-state index contributed by atoms with van der Waals surface area (Å²) in [6.07, 6.45) is 10.3. The molecule has 2 unspecified atom stereocenters. The second-order valence-electron chi connectivity index (χ2n) is 3.61. The van der Waals surface area contributed by atoms with Crippen molar-refractivity contribution in [2.45, 2.75) is 32.6 Å². The van der Waals surface area contributed by atoms with E-state index in [1.54, 1.807) is 0 Å². The first-order valence-corrected chi connectivity index (χ1v) is 5.67. The predicted octanol–water partition coefficient (Wildman–Crippen LogP) is 3.76. The molecule has 0 aliphatic heterocycles. The van der Waals surface area contributed by atoms with E-state index in [4.69, 9.17) is 0 Å². The van der Waals surface area contributed by atoms with Crippen molar-refractivity contribution < 1.29 is 0 Å². The quantitative estimate of drug-likeness (QED) is 0.488. The number of alkyl halides is 1. The second kappa shape index (κ2) is 4.97. The van der Waals surface area contributed by atoms with Crippen molar-refractivity contribution in [1.29, 1.82) is 0 Å². The Kier molecular flexibility index (Phi) is 4.21. The maximum absolute atomic E-state index is 3.40. The van der Waals surface area contributed by atoms with Crippen LogP contribution < -0.4 is 0 Å². The van der Waals surface area contributed by atoms with Gasteiger partial charge >= 0.3 is 0 Å². The van der Waals surface area contributed by atoms with Crippen LogP contribution in [0.2, 0.25) is 0 Å². The Balaban J connectivity index is 2.28. The van der Waals surface area contributed by atoms with Gasteiger partial charge in [-0.2, -0.15) is 0 Å². The van der Waals surface area contributed by atoms with Crippen LogP contribution in [0.25, 0.3) is 0 Å². The predicted molar refractivity (Wildman–Crippen MR) is 54.1 cm³/mol. The molecule has 0 amide bonds. The molecule has 1 aliphatic carbocycles. The van der Waals surface area contributed by atoms with Gasteiger partial charge in [-0.25, -0.2) is 0 Å². The minimum atomic E-state index is 0.872. The van der Waals surface area contributed by atoms with Crippen molar-refractivity contribution in [1.82, 2.24) is 0 Å². The molecular formula is C10H17Br.